The van der Waals surface area contributed by atoms with Gasteiger partial charge in [-0.1, -0.05) is 24.3 Å². The molecule has 0 saturated carbocycles. The summed E-state index contributed by atoms with van der Waals surface area (Å²) in [6, 6.07) is 13.4. The quantitative estimate of drug-likeness (QED) is 0.690. The molecule has 0 radical (unpaired) electrons. The first-order valence-corrected chi connectivity index (χ1v) is 9.44. The van der Waals surface area contributed by atoms with E-state index in [0.29, 0.717) is 12.2 Å². The second-order valence-corrected chi connectivity index (χ2v) is 7.47. The molecule has 1 amide bonds. The van der Waals surface area contributed by atoms with Crippen LogP contribution in [0.4, 0.5) is 0 Å². The van der Waals surface area contributed by atoms with Crippen LogP contribution in [-0.2, 0) is 6.42 Å². The highest BCUT2D eigenvalue weighted by Crippen LogP contribution is 2.23. The molecular formula is C23H27N3O2. The molecule has 1 atom stereocenters. The van der Waals surface area contributed by atoms with Crippen molar-refractivity contribution < 1.29 is 9.90 Å². The molecule has 2 aromatic carbocycles. The minimum atomic E-state index is -0.164. The van der Waals surface area contributed by atoms with Gasteiger partial charge in [-0.05, 0) is 74.6 Å². The zero-order valence-corrected chi connectivity index (χ0v) is 16.9. The fourth-order valence-electron chi connectivity index (χ4n) is 3.56. The van der Waals surface area contributed by atoms with Gasteiger partial charge in [-0.2, -0.15) is 0 Å². The van der Waals surface area contributed by atoms with Gasteiger partial charge in [0.1, 0.15) is 11.4 Å². The van der Waals surface area contributed by atoms with Crippen molar-refractivity contribution >= 4 is 16.7 Å². The number of likely N-dealkylation sites (N-methyl/N-ethyl adjacent to an activating group) is 1. The average Bonchev–Trinajstić information content (AvgIpc) is 2.65. The number of pyridine rings is 1. The molecule has 0 unspecified atom stereocenters. The summed E-state index contributed by atoms with van der Waals surface area (Å²) >= 11 is 0. The third-order valence-electron chi connectivity index (χ3n) is 5.24. The number of nitrogens with zero attached hydrogens (tertiary/aromatic N) is 2. The highest BCUT2D eigenvalue weighted by molar-refractivity contribution is 6.05. The van der Waals surface area contributed by atoms with E-state index in [4.69, 9.17) is 0 Å². The number of benzene rings is 2. The summed E-state index contributed by atoms with van der Waals surface area (Å²) in [5.41, 5.74) is 3.78. The third-order valence-corrected chi connectivity index (χ3v) is 5.24. The topological polar surface area (TPSA) is 65.5 Å². The van der Waals surface area contributed by atoms with Crippen molar-refractivity contribution in [3.05, 3.63) is 71.0 Å². The lowest BCUT2D eigenvalue weighted by atomic mass is 9.95. The first-order chi connectivity index (χ1) is 13.4. The highest BCUT2D eigenvalue weighted by atomic mass is 16.3. The average molecular weight is 377 g/mol. The lowest BCUT2D eigenvalue weighted by molar-refractivity contribution is 0.0938. The normalized spacial score (nSPS) is 12.3. The van der Waals surface area contributed by atoms with E-state index in [9.17, 15) is 9.90 Å². The van der Waals surface area contributed by atoms with E-state index in [1.165, 1.54) is 5.56 Å². The smallest absolute Gasteiger partial charge is 0.270 e. The van der Waals surface area contributed by atoms with Gasteiger partial charge in [0.25, 0.3) is 5.91 Å². The van der Waals surface area contributed by atoms with Crippen LogP contribution in [0.2, 0.25) is 0 Å². The van der Waals surface area contributed by atoms with Crippen LogP contribution in [0.15, 0.2) is 48.7 Å². The minimum Gasteiger partial charge on any atom is -0.508 e. The summed E-state index contributed by atoms with van der Waals surface area (Å²) in [7, 11) is 4.02. The van der Waals surface area contributed by atoms with Crippen LogP contribution in [0.5, 0.6) is 5.75 Å². The van der Waals surface area contributed by atoms with Gasteiger partial charge in [-0.15, -0.1) is 0 Å². The van der Waals surface area contributed by atoms with Gasteiger partial charge in [0.15, 0.2) is 0 Å². The van der Waals surface area contributed by atoms with Gasteiger partial charge >= 0.3 is 0 Å². The van der Waals surface area contributed by atoms with Crippen molar-refractivity contribution in [2.45, 2.75) is 26.3 Å². The lowest BCUT2D eigenvalue weighted by Crippen LogP contribution is -2.42. The standard InChI is InChI=1S/C23H27N3O2/c1-15-11-19(27)12-16(2)21(15)13-18(26(3)4)14-25-23(28)22-20-8-6-5-7-17(20)9-10-24-22/h5-12,18,27H,13-14H2,1-4H3,(H,25,28)/t18-/m0/s1. The molecular weight excluding hydrogens is 350 g/mol. The number of carbonyl (C=O) groups is 1. The molecule has 0 aliphatic carbocycles. The molecule has 0 saturated heterocycles. The number of aromatic hydroxyl groups is 1. The van der Waals surface area contributed by atoms with Crippen molar-refractivity contribution in [3.8, 4) is 5.75 Å². The van der Waals surface area contributed by atoms with Crippen LogP contribution in [0.3, 0.4) is 0 Å². The van der Waals surface area contributed by atoms with E-state index in [-0.39, 0.29) is 17.7 Å². The molecule has 0 aliphatic heterocycles. The monoisotopic (exact) mass is 377 g/mol. The van der Waals surface area contributed by atoms with Crippen LogP contribution in [0.25, 0.3) is 10.8 Å². The fraction of sp³-hybridized carbons (Fsp3) is 0.304. The van der Waals surface area contributed by atoms with Gasteiger partial charge in [-0.3, -0.25) is 9.78 Å². The molecule has 1 heterocycles. The van der Waals surface area contributed by atoms with E-state index >= 15 is 0 Å². The number of carbonyl (C=O) groups excluding carboxylic acids is 1. The second kappa shape index (κ2) is 8.40. The van der Waals surface area contributed by atoms with E-state index in [0.717, 1.165) is 28.3 Å². The number of aromatic nitrogens is 1. The first kappa shape index (κ1) is 19.8. The van der Waals surface area contributed by atoms with Gasteiger partial charge in [0.05, 0.1) is 0 Å². The van der Waals surface area contributed by atoms with Gasteiger partial charge < -0.3 is 15.3 Å². The molecule has 1 aromatic heterocycles. The Kier molecular flexibility index (Phi) is 5.95. The van der Waals surface area contributed by atoms with Crippen LogP contribution < -0.4 is 5.32 Å². The first-order valence-electron chi connectivity index (χ1n) is 9.44. The van der Waals surface area contributed by atoms with Crippen molar-refractivity contribution in [1.29, 1.82) is 0 Å². The minimum absolute atomic E-state index is 0.126. The molecule has 2 N–H and O–H groups in total. The largest absolute Gasteiger partial charge is 0.508 e. The van der Waals surface area contributed by atoms with E-state index in [2.05, 4.69) is 15.2 Å². The number of nitrogens with one attached hydrogen (secondary N) is 1. The zero-order chi connectivity index (χ0) is 20.3. The Bertz CT molecular complexity index is 970. The number of rotatable bonds is 6. The number of amides is 1. The Morgan fingerprint density at radius 1 is 1.14 bits per heavy atom. The Morgan fingerprint density at radius 2 is 1.82 bits per heavy atom. The summed E-state index contributed by atoms with van der Waals surface area (Å²) in [6.45, 7) is 4.53. The molecule has 3 rings (SSSR count). The van der Waals surface area contributed by atoms with Gasteiger partial charge in [0.2, 0.25) is 0 Å². The lowest BCUT2D eigenvalue weighted by Gasteiger charge is -2.26. The van der Waals surface area contributed by atoms with Crippen LogP contribution >= 0.6 is 0 Å². The maximum absolute atomic E-state index is 12.8. The molecule has 0 fully saturated rings. The fourth-order valence-corrected chi connectivity index (χ4v) is 3.56. The third kappa shape index (κ3) is 4.31. The van der Waals surface area contributed by atoms with Crippen molar-refractivity contribution in [3.63, 3.8) is 0 Å². The molecule has 5 nitrogen and oxygen atoms in total. The Balaban J connectivity index is 1.76. The molecule has 3 aromatic rings. The predicted octanol–water partition coefficient (Wildman–Crippen LogP) is 3.46. The van der Waals surface area contributed by atoms with Crippen LogP contribution in [-0.4, -0.2) is 47.6 Å². The zero-order valence-electron chi connectivity index (χ0n) is 16.9. The molecule has 0 aliphatic rings. The molecule has 28 heavy (non-hydrogen) atoms. The maximum Gasteiger partial charge on any atom is 0.270 e. The molecule has 0 spiro atoms. The van der Waals surface area contributed by atoms with Gasteiger partial charge in [0, 0.05) is 24.2 Å². The molecule has 146 valence electrons. The molecule has 0 bridgehead atoms. The summed E-state index contributed by atoms with van der Waals surface area (Å²) < 4.78 is 0. The van der Waals surface area contributed by atoms with Crippen molar-refractivity contribution in [2.75, 3.05) is 20.6 Å². The summed E-state index contributed by atoms with van der Waals surface area (Å²) in [6.07, 6.45) is 2.46. The Hall–Kier alpha value is -2.92. The van der Waals surface area contributed by atoms with Crippen LogP contribution in [0, 0.1) is 13.8 Å². The number of hydrogen-bond donors (Lipinski definition) is 2. The molecule has 5 heteroatoms. The highest BCUT2D eigenvalue weighted by Gasteiger charge is 2.18. The summed E-state index contributed by atoms with van der Waals surface area (Å²) in [5.74, 6) is 0.123. The SMILES string of the molecule is Cc1cc(O)cc(C)c1C[C@@H](CNC(=O)c1nccc2ccccc12)N(C)C. The second-order valence-electron chi connectivity index (χ2n) is 7.47. The number of fused-ring (bicyclic) bond motifs is 1. The maximum atomic E-state index is 12.8. The van der Waals surface area contributed by atoms with Crippen LogP contribution in [0.1, 0.15) is 27.2 Å². The number of aryl methyl sites for hydroxylation is 2. The number of phenolic OH excluding ortho intramolecular Hbond substituents is 1. The van der Waals surface area contributed by atoms with E-state index < -0.39 is 0 Å². The predicted molar refractivity (Wildman–Crippen MR) is 113 cm³/mol. The Labute approximate surface area is 166 Å². The van der Waals surface area contributed by atoms with Crippen molar-refractivity contribution in [2.24, 2.45) is 0 Å². The van der Waals surface area contributed by atoms with Crippen molar-refractivity contribution in [1.82, 2.24) is 15.2 Å². The number of phenols is 1. The Morgan fingerprint density at radius 3 is 2.50 bits per heavy atom. The van der Waals surface area contributed by atoms with E-state index in [1.807, 2.05) is 58.3 Å². The van der Waals surface area contributed by atoms with E-state index in [1.54, 1.807) is 18.3 Å². The van der Waals surface area contributed by atoms with Gasteiger partial charge in [-0.25, -0.2) is 0 Å². The number of hydrogen-bond acceptors (Lipinski definition) is 4. The summed E-state index contributed by atoms with van der Waals surface area (Å²) in [5, 5.41) is 14.7. The summed E-state index contributed by atoms with van der Waals surface area (Å²) in [4.78, 5) is 19.2.